The Hall–Kier alpha value is 0.270. The molecule has 0 aromatic carbocycles. The van der Waals surface area contributed by atoms with E-state index in [9.17, 15) is 13.9 Å². The monoisotopic (exact) mass is 390 g/mol. The lowest BCUT2D eigenvalue weighted by atomic mass is 10.1. The topological polar surface area (TPSA) is 204 Å². The van der Waals surface area contributed by atoms with Crippen LogP contribution in [0.3, 0.4) is 0 Å². The van der Waals surface area contributed by atoms with Gasteiger partial charge in [0.1, 0.15) is 6.04 Å². The molecule has 0 aromatic heterocycles. The van der Waals surface area contributed by atoms with Gasteiger partial charge in [0.2, 0.25) is 0 Å². The molecule has 0 radical (unpaired) electrons. The zero-order valence-electron chi connectivity index (χ0n) is 10.7. The Morgan fingerprint density at radius 2 is 1.48 bits per heavy atom. The first-order chi connectivity index (χ1) is 9.18. The molecule has 0 aromatic rings. The number of hydrogen-bond acceptors (Lipinski definition) is 5. The van der Waals surface area contributed by atoms with E-state index in [-0.39, 0.29) is 0 Å². The molecule has 0 spiro atoms. The molecule has 0 heterocycles. The Morgan fingerprint density at radius 1 is 1.10 bits per heavy atom. The molecule has 128 valence electrons. The molecule has 0 aliphatic rings. The third-order valence-corrected chi connectivity index (χ3v) is 7.59. The largest absolute Gasteiger partial charge is 0.480 e. The Labute approximate surface area is 130 Å². The zero-order chi connectivity index (χ0) is 17.5. The Morgan fingerprint density at radius 3 is 1.67 bits per heavy atom. The summed E-state index contributed by atoms with van der Waals surface area (Å²) in [5, 5.41) is 8.33. The van der Waals surface area contributed by atoms with Gasteiger partial charge in [0.15, 0.2) is 0 Å². The first-order valence-electron chi connectivity index (χ1n) is 5.36. The van der Waals surface area contributed by atoms with Crippen LogP contribution in [-0.4, -0.2) is 47.1 Å². The van der Waals surface area contributed by atoms with Crippen molar-refractivity contribution in [1.29, 1.82) is 0 Å². The molecular weight excluding hydrogens is 373 g/mol. The van der Waals surface area contributed by atoms with E-state index in [2.05, 4.69) is 0 Å². The number of rotatable bonds is 7. The van der Waals surface area contributed by atoms with E-state index >= 15 is 0 Å². The summed E-state index contributed by atoms with van der Waals surface area (Å²) in [5.74, 6) is -0.933. The summed E-state index contributed by atoms with van der Waals surface area (Å²) in [6.45, 7) is 0.604. The van der Waals surface area contributed by atoms with Crippen molar-refractivity contribution in [2.45, 2.75) is 29.1 Å². The summed E-state index contributed by atoms with van der Waals surface area (Å²) >= 11 is 9.46. The molecule has 0 saturated heterocycles. The normalized spacial score (nSPS) is 14.1. The second-order valence-corrected chi connectivity index (χ2v) is 10.1. The molecule has 0 rings (SSSR count). The van der Waals surface area contributed by atoms with Crippen molar-refractivity contribution in [3.05, 3.63) is 0 Å². The predicted octanol–water partition coefficient (Wildman–Crippen LogP) is -0.0420. The average Bonchev–Trinajstić information content (AvgIpc) is 2.26. The molecule has 0 bridgehead atoms. The van der Waals surface area contributed by atoms with Crippen LogP contribution < -0.4 is 11.5 Å². The molecule has 0 saturated carbocycles. The van der Waals surface area contributed by atoms with Crippen molar-refractivity contribution in [3.8, 4) is 0 Å². The maximum Gasteiger partial charge on any atom is 0.373 e. The van der Waals surface area contributed by atoms with Gasteiger partial charge in [-0.25, -0.2) is 0 Å². The van der Waals surface area contributed by atoms with Crippen LogP contribution in [0.15, 0.2) is 0 Å². The van der Waals surface area contributed by atoms with Gasteiger partial charge < -0.3 is 36.1 Å². The fourth-order valence-corrected chi connectivity index (χ4v) is 2.16. The highest BCUT2D eigenvalue weighted by Gasteiger charge is 2.58. The standard InChI is InChI=1S/C6H14N2O2.CH4Cl2O6P2/c7-4-2-1-3-5(8)6(9)10;2-1(3,10(4,5)6)11(7,8)9/h5H,1-4,7-8H2,(H,9,10);(H2,4,5,6)(H2,7,8,9). The number of hydrogen-bond donors (Lipinski definition) is 7. The number of alkyl halides is 2. The molecule has 1 atom stereocenters. The van der Waals surface area contributed by atoms with Crippen molar-refractivity contribution >= 4 is 44.4 Å². The summed E-state index contributed by atoms with van der Waals surface area (Å²) < 4.78 is 17.1. The third-order valence-electron chi connectivity index (χ3n) is 1.99. The summed E-state index contributed by atoms with van der Waals surface area (Å²) in [5.41, 5.74) is 10.4. The second-order valence-electron chi connectivity index (χ2n) is 3.83. The van der Waals surface area contributed by atoms with Crippen LogP contribution in [0.5, 0.6) is 0 Å². The van der Waals surface area contributed by atoms with Crippen molar-refractivity contribution in [3.63, 3.8) is 0 Å². The van der Waals surface area contributed by atoms with Gasteiger partial charge in [0, 0.05) is 0 Å². The van der Waals surface area contributed by atoms with Gasteiger partial charge in [-0.05, 0) is 19.4 Å². The van der Waals surface area contributed by atoms with E-state index in [4.69, 9.17) is 59.3 Å². The number of unbranched alkanes of at least 4 members (excludes halogenated alkanes) is 1. The van der Waals surface area contributed by atoms with Gasteiger partial charge in [0.05, 0.1) is 0 Å². The lowest BCUT2D eigenvalue weighted by molar-refractivity contribution is -0.138. The van der Waals surface area contributed by atoms with E-state index in [1.807, 2.05) is 0 Å². The van der Waals surface area contributed by atoms with Gasteiger partial charge in [0.25, 0.3) is 0 Å². The van der Waals surface area contributed by atoms with Gasteiger partial charge >= 0.3 is 25.0 Å². The molecule has 0 aliphatic carbocycles. The molecule has 0 amide bonds. The van der Waals surface area contributed by atoms with Gasteiger partial charge in [-0.15, -0.1) is 0 Å². The minimum absolute atomic E-state index is 0.520. The van der Waals surface area contributed by atoms with E-state index in [0.29, 0.717) is 13.0 Å². The summed E-state index contributed by atoms with van der Waals surface area (Å²) in [7, 11) is -10.4. The molecule has 10 nitrogen and oxygen atoms in total. The highest BCUT2D eigenvalue weighted by molar-refractivity contribution is 7.78. The number of carboxylic acid groups (broad SMARTS) is 1. The number of carbonyl (C=O) groups is 1. The molecular formula is C7H18Cl2N2O8P2. The Balaban J connectivity index is 0. The minimum atomic E-state index is -5.22. The maximum atomic E-state index is 10.2. The molecule has 9 N–H and O–H groups in total. The van der Waals surface area contributed by atoms with Crippen LogP contribution in [0.4, 0.5) is 0 Å². The van der Waals surface area contributed by atoms with Crippen LogP contribution in [0, 0.1) is 0 Å². The zero-order valence-corrected chi connectivity index (χ0v) is 14.0. The lowest BCUT2D eigenvalue weighted by Gasteiger charge is -2.20. The summed E-state index contributed by atoms with van der Waals surface area (Å²) in [4.78, 5) is 43.1. The molecule has 0 aliphatic heterocycles. The fraction of sp³-hybridized carbons (Fsp3) is 0.857. The number of carboxylic acids is 1. The van der Waals surface area contributed by atoms with Crippen molar-refractivity contribution in [2.24, 2.45) is 11.5 Å². The second kappa shape index (κ2) is 9.42. The highest BCUT2D eigenvalue weighted by atomic mass is 35.5. The van der Waals surface area contributed by atoms with E-state index < -0.39 is 31.0 Å². The van der Waals surface area contributed by atoms with Crippen LogP contribution in [0.1, 0.15) is 19.3 Å². The van der Waals surface area contributed by atoms with Crippen molar-refractivity contribution < 1.29 is 38.6 Å². The molecule has 21 heavy (non-hydrogen) atoms. The SMILES string of the molecule is NCCCCC(N)C(=O)O.O=P(O)(O)C(Cl)(Cl)P(=O)(O)O. The Bertz CT molecular complexity index is 399. The molecule has 14 heteroatoms. The minimum Gasteiger partial charge on any atom is -0.480 e. The quantitative estimate of drug-likeness (QED) is 0.175. The fourth-order valence-electron chi connectivity index (χ4n) is 0.802. The van der Waals surface area contributed by atoms with Gasteiger partial charge in [-0.2, -0.15) is 0 Å². The smallest absolute Gasteiger partial charge is 0.373 e. The summed E-state index contributed by atoms with van der Waals surface area (Å²) in [6, 6.07) is -0.716. The number of halogens is 2. The summed E-state index contributed by atoms with van der Waals surface area (Å²) in [6.07, 6.45) is 2.16. The van der Waals surface area contributed by atoms with Gasteiger partial charge in [-0.3, -0.25) is 13.9 Å². The van der Waals surface area contributed by atoms with E-state index in [0.717, 1.165) is 12.8 Å². The van der Waals surface area contributed by atoms with Gasteiger partial charge in [-0.1, -0.05) is 29.6 Å². The lowest BCUT2D eigenvalue weighted by Crippen LogP contribution is -2.29. The van der Waals surface area contributed by atoms with Crippen LogP contribution in [0.2, 0.25) is 0 Å². The first kappa shape index (κ1) is 23.5. The van der Waals surface area contributed by atoms with Crippen LogP contribution in [-0.2, 0) is 13.9 Å². The van der Waals surface area contributed by atoms with Crippen molar-refractivity contribution in [2.75, 3.05) is 6.54 Å². The number of nitrogens with two attached hydrogens (primary N) is 2. The van der Waals surface area contributed by atoms with Crippen LogP contribution >= 0.6 is 38.4 Å². The molecule has 0 fully saturated rings. The molecule has 1 unspecified atom stereocenters. The van der Waals surface area contributed by atoms with E-state index in [1.165, 1.54) is 0 Å². The third kappa shape index (κ3) is 9.10. The Kier molecular flexibility index (Phi) is 10.6. The highest BCUT2D eigenvalue weighted by Crippen LogP contribution is 2.73. The predicted molar refractivity (Wildman–Crippen MR) is 77.0 cm³/mol. The first-order valence-corrected chi connectivity index (χ1v) is 9.34. The average molecular weight is 391 g/mol. The van der Waals surface area contributed by atoms with Crippen molar-refractivity contribution in [1.82, 2.24) is 0 Å². The van der Waals surface area contributed by atoms with Crippen LogP contribution in [0.25, 0.3) is 0 Å². The maximum absolute atomic E-state index is 10.2. The van der Waals surface area contributed by atoms with E-state index in [1.54, 1.807) is 0 Å². The number of aliphatic carboxylic acids is 1.